The van der Waals surface area contributed by atoms with Crippen LogP contribution in [0.25, 0.3) is 0 Å². The molecule has 2 amide bonds. The van der Waals surface area contributed by atoms with E-state index >= 15 is 0 Å². The van der Waals surface area contributed by atoms with Gasteiger partial charge >= 0.3 is 5.97 Å². The second-order valence-electron chi connectivity index (χ2n) is 12.4. The molecule has 0 aliphatic rings. The topological polar surface area (TPSA) is 137 Å². The molecule has 3 aromatic rings. The Kier molecular flexibility index (Phi) is 17.0. The Hall–Kier alpha value is -4.33. The zero-order chi connectivity index (χ0) is 33.7. The number of amides is 2. The number of hydrogen-bond acceptors (Lipinski definition) is 6. The second-order valence-corrected chi connectivity index (χ2v) is 12.4. The summed E-state index contributed by atoms with van der Waals surface area (Å²) in [6.45, 7) is 2.58. The quantitative estimate of drug-likeness (QED) is 0.0489. The highest BCUT2D eigenvalue weighted by atomic mass is 16.5. The largest absolute Gasteiger partial charge is 0.462 e. The van der Waals surface area contributed by atoms with Crippen molar-refractivity contribution in [3.63, 3.8) is 0 Å². The Labute approximate surface area is 281 Å². The third-order valence-electron chi connectivity index (χ3n) is 8.26. The average Bonchev–Trinajstić information content (AvgIpc) is 3.06. The first kappa shape index (κ1) is 37.1. The van der Waals surface area contributed by atoms with Crippen LogP contribution in [0.15, 0.2) is 66.7 Å². The highest BCUT2D eigenvalue weighted by molar-refractivity contribution is 6.07. The van der Waals surface area contributed by atoms with E-state index in [-0.39, 0.29) is 17.4 Å². The molecule has 0 heterocycles. The standard InChI is InChI=1S/C39H54N4O4/c1-2-3-4-5-6-7-8-9-10-11-12-13-14-15-16-17-26-47-39(46)32-27-35(42-37(44)30-18-22-33(40)23-19-30)29-36(28-32)43-38(45)31-20-24-34(41)25-21-31/h18-25,27-29H,2-17,26,40-41H2,1H3,(H,42,44)(H,43,45). The van der Waals surface area contributed by atoms with E-state index < -0.39 is 5.97 Å². The molecule has 3 rings (SSSR count). The molecular weight excluding hydrogens is 588 g/mol. The summed E-state index contributed by atoms with van der Waals surface area (Å²) in [4.78, 5) is 38.8. The van der Waals surface area contributed by atoms with Crippen molar-refractivity contribution in [1.82, 2.24) is 0 Å². The molecule has 8 nitrogen and oxygen atoms in total. The minimum absolute atomic E-state index is 0.226. The van der Waals surface area contributed by atoms with Crippen molar-refractivity contribution < 1.29 is 19.1 Å². The van der Waals surface area contributed by atoms with Gasteiger partial charge in [-0.05, 0) is 73.2 Å². The van der Waals surface area contributed by atoms with Crippen molar-refractivity contribution in [2.24, 2.45) is 0 Å². The van der Waals surface area contributed by atoms with Crippen molar-refractivity contribution in [1.29, 1.82) is 0 Å². The van der Waals surface area contributed by atoms with Gasteiger partial charge in [0.25, 0.3) is 11.8 Å². The number of esters is 1. The van der Waals surface area contributed by atoms with Crippen molar-refractivity contribution in [2.45, 2.75) is 110 Å². The zero-order valence-corrected chi connectivity index (χ0v) is 28.2. The zero-order valence-electron chi connectivity index (χ0n) is 28.2. The Balaban J connectivity index is 1.42. The molecule has 254 valence electrons. The Bertz CT molecular complexity index is 1290. The third kappa shape index (κ3) is 14.8. The lowest BCUT2D eigenvalue weighted by Crippen LogP contribution is -2.16. The minimum atomic E-state index is -0.516. The number of nitrogen functional groups attached to an aromatic ring is 2. The molecule has 0 aliphatic heterocycles. The van der Waals surface area contributed by atoms with Crippen LogP contribution in [0.2, 0.25) is 0 Å². The van der Waals surface area contributed by atoms with Gasteiger partial charge in [-0.1, -0.05) is 103 Å². The van der Waals surface area contributed by atoms with Crippen molar-refractivity contribution in [3.05, 3.63) is 83.4 Å². The van der Waals surface area contributed by atoms with E-state index in [9.17, 15) is 14.4 Å². The van der Waals surface area contributed by atoms with E-state index in [2.05, 4.69) is 17.6 Å². The predicted molar refractivity (Wildman–Crippen MR) is 194 cm³/mol. The van der Waals surface area contributed by atoms with Crippen molar-refractivity contribution >= 4 is 40.5 Å². The van der Waals surface area contributed by atoms with Crippen LogP contribution in [0.3, 0.4) is 0 Å². The molecule has 0 aliphatic carbocycles. The van der Waals surface area contributed by atoms with E-state index in [4.69, 9.17) is 16.2 Å². The molecule has 0 radical (unpaired) electrons. The highest BCUT2D eigenvalue weighted by Gasteiger charge is 2.15. The lowest BCUT2D eigenvalue weighted by atomic mass is 10.0. The Morgan fingerprint density at radius 1 is 0.511 bits per heavy atom. The second kappa shape index (κ2) is 21.5. The van der Waals surface area contributed by atoms with Crippen LogP contribution in [-0.2, 0) is 4.74 Å². The number of unbranched alkanes of at least 4 members (excludes halogenated alkanes) is 15. The molecule has 0 unspecified atom stereocenters. The maximum Gasteiger partial charge on any atom is 0.338 e. The summed E-state index contributed by atoms with van der Waals surface area (Å²) < 4.78 is 5.57. The van der Waals surface area contributed by atoms with Crippen molar-refractivity contribution in [3.8, 4) is 0 Å². The van der Waals surface area contributed by atoms with Crippen LogP contribution >= 0.6 is 0 Å². The molecule has 0 spiro atoms. The van der Waals surface area contributed by atoms with Gasteiger partial charge in [-0.3, -0.25) is 9.59 Å². The number of benzene rings is 3. The lowest BCUT2D eigenvalue weighted by Gasteiger charge is -2.13. The van der Waals surface area contributed by atoms with Gasteiger partial charge in [0, 0.05) is 33.9 Å². The fourth-order valence-corrected chi connectivity index (χ4v) is 5.46. The molecule has 0 saturated heterocycles. The summed E-state index contributed by atoms with van der Waals surface area (Å²) in [7, 11) is 0. The van der Waals surface area contributed by atoms with Gasteiger partial charge in [-0.15, -0.1) is 0 Å². The van der Waals surface area contributed by atoms with Crippen LogP contribution in [0.5, 0.6) is 0 Å². The molecule has 0 bridgehead atoms. The number of carbonyl (C=O) groups is 3. The molecule has 0 fully saturated rings. The SMILES string of the molecule is CCCCCCCCCCCCCCCCCCOC(=O)c1cc(NC(=O)c2ccc(N)cc2)cc(NC(=O)c2ccc(N)cc2)c1. The van der Waals surface area contributed by atoms with Crippen LogP contribution in [0.1, 0.15) is 141 Å². The van der Waals surface area contributed by atoms with E-state index in [1.807, 2.05) is 0 Å². The Morgan fingerprint density at radius 3 is 1.26 bits per heavy atom. The van der Waals surface area contributed by atoms with E-state index in [0.29, 0.717) is 40.5 Å². The average molecular weight is 643 g/mol. The number of carbonyl (C=O) groups excluding carboxylic acids is 3. The first-order valence-corrected chi connectivity index (χ1v) is 17.5. The first-order chi connectivity index (χ1) is 22.9. The maximum atomic E-state index is 13.0. The number of rotatable bonds is 22. The summed E-state index contributed by atoms with van der Waals surface area (Å²) in [6, 6.07) is 17.7. The number of nitrogens with one attached hydrogen (secondary N) is 2. The summed E-state index contributed by atoms with van der Waals surface area (Å²) in [5.74, 6) is -1.27. The smallest absolute Gasteiger partial charge is 0.338 e. The number of ether oxygens (including phenoxy) is 1. The van der Waals surface area contributed by atoms with E-state index in [0.717, 1.165) is 19.3 Å². The van der Waals surface area contributed by atoms with Crippen LogP contribution in [-0.4, -0.2) is 24.4 Å². The number of nitrogens with two attached hydrogens (primary N) is 2. The van der Waals surface area contributed by atoms with Crippen LogP contribution < -0.4 is 22.1 Å². The fraction of sp³-hybridized carbons (Fsp3) is 0.462. The van der Waals surface area contributed by atoms with Gasteiger partial charge in [0.05, 0.1) is 12.2 Å². The molecule has 0 atom stereocenters. The number of hydrogen-bond donors (Lipinski definition) is 4. The molecule has 8 heteroatoms. The summed E-state index contributed by atoms with van der Waals surface area (Å²) in [5, 5.41) is 5.61. The van der Waals surface area contributed by atoms with Crippen LogP contribution in [0.4, 0.5) is 22.7 Å². The van der Waals surface area contributed by atoms with E-state index in [1.165, 1.54) is 83.5 Å². The van der Waals surface area contributed by atoms with Gasteiger partial charge in [-0.2, -0.15) is 0 Å². The normalized spacial score (nSPS) is 10.8. The Morgan fingerprint density at radius 2 is 0.872 bits per heavy atom. The monoisotopic (exact) mass is 642 g/mol. The highest BCUT2D eigenvalue weighted by Crippen LogP contribution is 2.23. The molecule has 0 saturated carbocycles. The molecular formula is C39H54N4O4. The molecule has 3 aromatic carbocycles. The molecule has 0 aromatic heterocycles. The lowest BCUT2D eigenvalue weighted by molar-refractivity contribution is 0.0497. The summed E-state index contributed by atoms with van der Waals surface area (Å²) in [6.07, 6.45) is 20.4. The predicted octanol–water partition coefficient (Wildman–Crippen LogP) is 9.77. The van der Waals surface area contributed by atoms with E-state index in [1.54, 1.807) is 66.7 Å². The van der Waals surface area contributed by atoms with Gasteiger partial charge in [-0.25, -0.2) is 4.79 Å². The number of anilines is 4. The van der Waals surface area contributed by atoms with Gasteiger partial charge in [0.2, 0.25) is 0 Å². The van der Waals surface area contributed by atoms with Crippen LogP contribution in [0, 0.1) is 0 Å². The van der Waals surface area contributed by atoms with Gasteiger partial charge < -0.3 is 26.8 Å². The summed E-state index contributed by atoms with van der Waals surface area (Å²) >= 11 is 0. The van der Waals surface area contributed by atoms with Gasteiger partial charge in [0.15, 0.2) is 0 Å². The summed E-state index contributed by atoms with van der Waals surface area (Å²) in [5.41, 5.74) is 14.3. The fourth-order valence-electron chi connectivity index (χ4n) is 5.46. The maximum absolute atomic E-state index is 13.0. The van der Waals surface area contributed by atoms with Gasteiger partial charge in [0.1, 0.15) is 0 Å². The molecule has 47 heavy (non-hydrogen) atoms. The molecule has 6 N–H and O–H groups in total. The first-order valence-electron chi connectivity index (χ1n) is 17.5. The van der Waals surface area contributed by atoms with Crippen molar-refractivity contribution in [2.75, 3.05) is 28.7 Å². The minimum Gasteiger partial charge on any atom is -0.462 e. The third-order valence-corrected chi connectivity index (χ3v) is 8.26.